The second-order valence-electron chi connectivity index (χ2n) is 2.58. The fourth-order valence-corrected chi connectivity index (χ4v) is 1.68. The number of benzene rings is 1. The quantitative estimate of drug-likeness (QED) is 0.540. The summed E-state index contributed by atoms with van der Waals surface area (Å²) in [5.41, 5.74) is 8.06. The van der Waals surface area contributed by atoms with Crippen LogP contribution in [0.5, 0.6) is 0 Å². The maximum atomic E-state index is 5.43. The summed E-state index contributed by atoms with van der Waals surface area (Å²) in [5.74, 6) is 0.657. The Balaban J connectivity index is 2.90. The van der Waals surface area contributed by atoms with Crippen LogP contribution in [-0.2, 0) is 0 Å². The Kier molecular flexibility index (Phi) is 2.97. The predicted molar refractivity (Wildman–Crippen MR) is 50.8 cm³/mol. The van der Waals surface area contributed by atoms with Crippen molar-refractivity contribution in [3.8, 4) is 0 Å². The molecule has 0 fully saturated rings. The molecule has 2 heteroatoms. The Morgan fingerprint density at radius 3 is 2.64 bits per heavy atom. The molecule has 0 unspecified atom stereocenters. The molecule has 0 bridgehead atoms. The first kappa shape index (κ1) is 8.62. The molecule has 0 spiro atoms. The van der Waals surface area contributed by atoms with Crippen LogP contribution in [0.3, 0.4) is 0 Å². The maximum Gasteiger partial charge on any atom is 0.0440 e. The van der Waals surface area contributed by atoms with E-state index in [4.69, 9.17) is 5.73 Å². The van der Waals surface area contributed by atoms with Crippen LogP contribution in [0.25, 0.3) is 0 Å². The molecule has 1 rings (SSSR count). The summed E-state index contributed by atoms with van der Waals surface area (Å²) < 4.78 is 0. The van der Waals surface area contributed by atoms with Gasteiger partial charge < -0.3 is 5.73 Å². The Morgan fingerprint density at radius 2 is 2.09 bits per heavy atom. The normalized spacial score (nSPS) is 10.1. The van der Waals surface area contributed by atoms with E-state index in [0.717, 1.165) is 0 Å². The number of nitrogens with two attached hydrogens (primary N) is 1. The van der Waals surface area contributed by atoms with Crippen LogP contribution in [0.4, 0.5) is 0 Å². The Morgan fingerprint density at radius 1 is 1.36 bits per heavy atom. The highest BCUT2D eigenvalue weighted by Crippen LogP contribution is 2.21. The summed E-state index contributed by atoms with van der Waals surface area (Å²) >= 11 is 1.69. The summed E-state index contributed by atoms with van der Waals surface area (Å²) in [5, 5.41) is 0. The maximum absolute atomic E-state index is 5.43. The lowest BCUT2D eigenvalue weighted by Crippen LogP contribution is -1.93. The molecular formula is C9H13NS. The summed E-state index contributed by atoms with van der Waals surface area (Å²) in [4.78, 5) is 1.29. The molecule has 60 valence electrons. The van der Waals surface area contributed by atoms with Crippen molar-refractivity contribution in [1.82, 2.24) is 0 Å². The molecule has 0 saturated carbocycles. The molecule has 0 aliphatic rings. The number of aryl methyl sites for hydroxylation is 2. The van der Waals surface area contributed by atoms with E-state index in [-0.39, 0.29) is 0 Å². The van der Waals surface area contributed by atoms with Gasteiger partial charge in [0.2, 0.25) is 0 Å². The van der Waals surface area contributed by atoms with Crippen LogP contribution in [0.15, 0.2) is 23.1 Å². The zero-order valence-electron chi connectivity index (χ0n) is 6.92. The van der Waals surface area contributed by atoms with Crippen molar-refractivity contribution in [3.63, 3.8) is 0 Å². The third-order valence-electron chi connectivity index (χ3n) is 1.57. The van der Waals surface area contributed by atoms with E-state index in [2.05, 4.69) is 32.0 Å². The summed E-state index contributed by atoms with van der Waals surface area (Å²) in [6, 6.07) is 6.42. The minimum absolute atomic E-state index is 0.657. The molecule has 0 aliphatic heterocycles. The van der Waals surface area contributed by atoms with Crippen molar-refractivity contribution in [2.24, 2.45) is 5.73 Å². The van der Waals surface area contributed by atoms with E-state index >= 15 is 0 Å². The fraction of sp³-hybridized carbons (Fsp3) is 0.333. The minimum atomic E-state index is 0.657. The molecule has 1 aromatic rings. The highest BCUT2D eigenvalue weighted by molar-refractivity contribution is 7.99. The Bertz CT molecular complexity index is 245. The van der Waals surface area contributed by atoms with Gasteiger partial charge in [-0.2, -0.15) is 0 Å². The first-order valence-electron chi connectivity index (χ1n) is 3.64. The molecule has 11 heavy (non-hydrogen) atoms. The van der Waals surface area contributed by atoms with E-state index < -0.39 is 0 Å². The van der Waals surface area contributed by atoms with Gasteiger partial charge in [0, 0.05) is 10.8 Å². The van der Waals surface area contributed by atoms with E-state index in [9.17, 15) is 0 Å². The Labute approximate surface area is 72.0 Å². The van der Waals surface area contributed by atoms with Gasteiger partial charge in [-0.15, -0.1) is 11.8 Å². The third kappa shape index (κ3) is 2.24. The van der Waals surface area contributed by atoms with Crippen LogP contribution in [0.1, 0.15) is 11.1 Å². The highest BCUT2D eigenvalue weighted by atomic mass is 32.2. The topological polar surface area (TPSA) is 26.0 Å². The van der Waals surface area contributed by atoms with Crippen molar-refractivity contribution in [2.75, 3.05) is 5.88 Å². The molecule has 2 N–H and O–H groups in total. The van der Waals surface area contributed by atoms with E-state index in [1.165, 1.54) is 16.0 Å². The molecule has 0 saturated heterocycles. The van der Waals surface area contributed by atoms with Gasteiger partial charge in [-0.05, 0) is 25.5 Å². The van der Waals surface area contributed by atoms with Gasteiger partial charge in [-0.1, -0.05) is 17.7 Å². The Hall–Kier alpha value is -0.470. The van der Waals surface area contributed by atoms with Gasteiger partial charge in [-0.3, -0.25) is 0 Å². The number of hydrogen-bond donors (Lipinski definition) is 1. The summed E-state index contributed by atoms with van der Waals surface area (Å²) in [6.45, 7) is 4.22. The van der Waals surface area contributed by atoms with Gasteiger partial charge in [0.1, 0.15) is 0 Å². The highest BCUT2D eigenvalue weighted by Gasteiger charge is 1.96. The lowest BCUT2D eigenvalue weighted by molar-refractivity contribution is 1.25. The third-order valence-corrected chi connectivity index (χ3v) is 2.50. The SMILES string of the molecule is Cc1ccc(SCN)c(C)c1. The average molecular weight is 167 g/mol. The van der Waals surface area contributed by atoms with Crippen LogP contribution in [0.2, 0.25) is 0 Å². The van der Waals surface area contributed by atoms with Crippen LogP contribution >= 0.6 is 11.8 Å². The van der Waals surface area contributed by atoms with Crippen molar-refractivity contribution < 1.29 is 0 Å². The molecule has 0 aliphatic carbocycles. The van der Waals surface area contributed by atoms with E-state index in [1.807, 2.05) is 0 Å². The van der Waals surface area contributed by atoms with Crippen molar-refractivity contribution in [1.29, 1.82) is 0 Å². The van der Waals surface area contributed by atoms with Crippen LogP contribution < -0.4 is 5.73 Å². The zero-order chi connectivity index (χ0) is 8.27. The standard InChI is InChI=1S/C9H13NS/c1-7-3-4-9(11-6-10)8(2)5-7/h3-5H,6,10H2,1-2H3. The molecule has 1 aromatic carbocycles. The van der Waals surface area contributed by atoms with E-state index in [0.29, 0.717) is 5.88 Å². The number of thioether (sulfide) groups is 1. The molecule has 0 heterocycles. The summed E-state index contributed by atoms with van der Waals surface area (Å²) in [6.07, 6.45) is 0. The molecular weight excluding hydrogens is 154 g/mol. The van der Waals surface area contributed by atoms with Gasteiger partial charge in [0.15, 0.2) is 0 Å². The van der Waals surface area contributed by atoms with Gasteiger partial charge in [-0.25, -0.2) is 0 Å². The molecule has 0 atom stereocenters. The lowest BCUT2D eigenvalue weighted by atomic mass is 10.2. The molecule has 0 amide bonds. The lowest BCUT2D eigenvalue weighted by Gasteiger charge is -2.03. The van der Waals surface area contributed by atoms with Gasteiger partial charge in [0.25, 0.3) is 0 Å². The van der Waals surface area contributed by atoms with Crippen molar-refractivity contribution >= 4 is 11.8 Å². The second kappa shape index (κ2) is 3.79. The fourth-order valence-electron chi connectivity index (χ4n) is 1.05. The monoisotopic (exact) mass is 167 g/mol. The first-order valence-corrected chi connectivity index (χ1v) is 4.62. The van der Waals surface area contributed by atoms with Crippen molar-refractivity contribution in [3.05, 3.63) is 29.3 Å². The van der Waals surface area contributed by atoms with Crippen LogP contribution in [-0.4, -0.2) is 5.88 Å². The smallest absolute Gasteiger partial charge is 0.0440 e. The van der Waals surface area contributed by atoms with Crippen molar-refractivity contribution in [2.45, 2.75) is 18.7 Å². The molecule has 1 nitrogen and oxygen atoms in total. The second-order valence-corrected chi connectivity index (χ2v) is 3.64. The van der Waals surface area contributed by atoms with Gasteiger partial charge in [0.05, 0.1) is 0 Å². The van der Waals surface area contributed by atoms with Gasteiger partial charge >= 0.3 is 0 Å². The number of hydrogen-bond acceptors (Lipinski definition) is 2. The predicted octanol–water partition coefficient (Wildman–Crippen LogP) is 2.31. The molecule has 0 aromatic heterocycles. The molecule has 0 radical (unpaired) electrons. The zero-order valence-corrected chi connectivity index (χ0v) is 7.74. The average Bonchev–Trinajstić information content (AvgIpc) is 1.95. The van der Waals surface area contributed by atoms with Crippen LogP contribution in [0, 0.1) is 13.8 Å². The summed E-state index contributed by atoms with van der Waals surface area (Å²) in [7, 11) is 0. The number of rotatable bonds is 2. The first-order chi connectivity index (χ1) is 5.24. The largest absolute Gasteiger partial charge is 0.322 e. The van der Waals surface area contributed by atoms with E-state index in [1.54, 1.807) is 11.8 Å². The minimum Gasteiger partial charge on any atom is -0.322 e.